The quantitative estimate of drug-likeness (QED) is 0.770. The smallest absolute Gasteiger partial charge is 0.181 e. The number of nitrogens with zero attached hydrogens (tertiary/aromatic N) is 2. The van der Waals surface area contributed by atoms with Crippen LogP contribution in [0.4, 0.5) is 0 Å². The van der Waals surface area contributed by atoms with Gasteiger partial charge in [0.25, 0.3) is 0 Å². The Kier molecular flexibility index (Phi) is 3.78. The normalized spacial score (nSPS) is 13.0. The number of hydrogen-bond acceptors (Lipinski definition) is 4. The maximum Gasteiger partial charge on any atom is 0.181 e. The van der Waals surface area contributed by atoms with Crippen LogP contribution in [0, 0.1) is 20.8 Å². The number of H-pyrrole nitrogens is 1. The Balaban J connectivity index is 1.73. The monoisotopic (exact) mass is 300 g/mol. The molecule has 0 spiro atoms. The Morgan fingerprint density at radius 1 is 1.29 bits per heavy atom. The molecular weight excluding hydrogens is 280 g/mol. The SMILES string of the molecule is Cc1cc([C@@H](C)NCc2cnc3n[nH]c(C)c3c2)c(C)s1. The fourth-order valence-electron chi connectivity index (χ4n) is 2.62. The maximum absolute atomic E-state index is 4.39. The second-order valence-electron chi connectivity index (χ2n) is 5.53. The minimum atomic E-state index is 0.344. The van der Waals surface area contributed by atoms with E-state index in [1.54, 1.807) is 0 Å². The average Bonchev–Trinajstić information content (AvgIpc) is 2.99. The van der Waals surface area contributed by atoms with Gasteiger partial charge in [0, 0.05) is 39.6 Å². The Morgan fingerprint density at radius 2 is 2.10 bits per heavy atom. The van der Waals surface area contributed by atoms with Crippen LogP contribution in [0.1, 0.15) is 39.5 Å². The second kappa shape index (κ2) is 5.58. The van der Waals surface area contributed by atoms with Crippen molar-refractivity contribution in [1.82, 2.24) is 20.5 Å². The minimum absolute atomic E-state index is 0.344. The molecule has 1 atom stereocenters. The molecule has 0 bridgehead atoms. The Hall–Kier alpha value is -1.72. The van der Waals surface area contributed by atoms with Crippen LogP contribution < -0.4 is 5.32 Å². The number of thiophene rings is 1. The van der Waals surface area contributed by atoms with E-state index in [0.717, 1.165) is 23.3 Å². The van der Waals surface area contributed by atoms with Crippen molar-refractivity contribution in [3.63, 3.8) is 0 Å². The molecule has 110 valence electrons. The first kappa shape index (κ1) is 14.2. The molecule has 3 heterocycles. The molecular formula is C16H20N4S. The fraction of sp³-hybridized carbons (Fsp3) is 0.375. The van der Waals surface area contributed by atoms with Crippen LogP contribution in [0.25, 0.3) is 11.0 Å². The molecule has 0 saturated heterocycles. The van der Waals surface area contributed by atoms with E-state index < -0.39 is 0 Å². The predicted molar refractivity (Wildman–Crippen MR) is 87.7 cm³/mol. The van der Waals surface area contributed by atoms with Gasteiger partial charge >= 0.3 is 0 Å². The van der Waals surface area contributed by atoms with Gasteiger partial charge in [-0.15, -0.1) is 11.3 Å². The Morgan fingerprint density at radius 3 is 2.81 bits per heavy atom. The molecule has 0 aliphatic rings. The van der Waals surface area contributed by atoms with Crippen LogP contribution in [0.3, 0.4) is 0 Å². The van der Waals surface area contributed by atoms with Gasteiger partial charge in [-0.1, -0.05) is 0 Å². The van der Waals surface area contributed by atoms with Crippen LogP contribution in [0.5, 0.6) is 0 Å². The molecule has 0 aromatic carbocycles. The van der Waals surface area contributed by atoms with Crippen LogP contribution in [0.15, 0.2) is 18.3 Å². The number of hydrogen-bond donors (Lipinski definition) is 2. The average molecular weight is 300 g/mol. The van der Waals surface area contributed by atoms with Gasteiger partial charge in [-0.2, -0.15) is 5.10 Å². The van der Waals surface area contributed by atoms with Crippen molar-refractivity contribution < 1.29 is 0 Å². The summed E-state index contributed by atoms with van der Waals surface area (Å²) >= 11 is 1.86. The molecule has 0 radical (unpaired) electrons. The molecule has 2 N–H and O–H groups in total. The van der Waals surface area contributed by atoms with Crippen molar-refractivity contribution in [1.29, 1.82) is 0 Å². The lowest BCUT2D eigenvalue weighted by Crippen LogP contribution is -2.18. The number of aromatic amines is 1. The van der Waals surface area contributed by atoms with Gasteiger partial charge < -0.3 is 5.32 Å². The van der Waals surface area contributed by atoms with Crippen molar-refractivity contribution >= 4 is 22.4 Å². The number of rotatable bonds is 4. The van der Waals surface area contributed by atoms with Gasteiger partial charge in [-0.3, -0.25) is 5.10 Å². The minimum Gasteiger partial charge on any atom is -0.306 e. The summed E-state index contributed by atoms with van der Waals surface area (Å²) in [4.78, 5) is 7.16. The van der Waals surface area contributed by atoms with E-state index in [1.807, 2.05) is 24.5 Å². The van der Waals surface area contributed by atoms with Crippen LogP contribution in [-0.4, -0.2) is 15.2 Å². The molecule has 3 rings (SSSR count). The van der Waals surface area contributed by atoms with Crippen molar-refractivity contribution in [2.45, 2.75) is 40.3 Å². The number of aromatic nitrogens is 3. The van der Waals surface area contributed by atoms with Crippen LogP contribution in [-0.2, 0) is 6.54 Å². The summed E-state index contributed by atoms with van der Waals surface area (Å²) in [7, 11) is 0. The summed E-state index contributed by atoms with van der Waals surface area (Å²) in [5.41, 5.74) is 4.43. The van der Waals surface area contributed by atoms with E-state index in [4.69, 9.17) is 0 Å². The lowest BCUT2D eigenvalue weighted by molar-refractivity contribution is 0.573. The summed E-state index contributed by atoms with van der Waals surface area (Å²) < 4.78 is 0. The van der Waals surface area contributed by atoms with Gasteiger partial charge in [0.05, 0.1) is 0 Å². The molecule has 3 aromatic rings. The van der Waals surface area contributed by atoms with Crippen molar-refractivity contribution in [2.75, 3.05) is 0 Å². The lowest BCUT2D eigenvalue weighted by Gasteiger charge is -2.13. The predicted octanol–water partition coefficient (Wildman–Crippen LogP) is 3.80. The van der Waals surface area contributed by atoms with E-state index in [9.17, 15) is 0 Å². The van der Waals surface area contributed by atoms with Crippen molar-refractivity contribution in [3.05, 3.63) is 44.9 Å². The molecule has 5 heteroatoms. The molecule has 3 aromatic heterocycles. The summed E-state index contributed by atoms with van der Waals surface area (Å²) in [5, 5.41) is 11.8. The van der Waals surface area contributed by atoms with E-state index >= 15 is 0 Å². The zero-order valence-electron chi connectivity index (χ0n) is 12.8. The van der Waals surface area contributed by atoms with E-state index in [1.165, 1.54) is 20.9 Å². The molecule has 0 saturated carbocycles. The van der Waals surface area contributed by atoms with E-state index in [-0.39, 0.29) is 0 Å². The first-order chi connectivity index (χ1) is 10.0. The maximum atomic E-state index is 4.39. The number of aryl methyl sites for hydroxylation is 3. The van der Waals surface area contributed by atoms with Gasteiger partial charge in [0.15, 0.2) is 5.65 Å². The van der Waals surface area contributed by atoms with Crippen molar-refractivity contribution in [3.8, 4) is 0 Å². The summed E-state index contributed by atoms with van der Waals surface area (Å²) in [6.07, 6.45) is 1.90. The third kappa shape index (κ3) is 2.84. The van der Waals surface area contributed by atoms with Gasteiger partial charge in [0.1, 0.15) is 0 Å². The van der Waals surface area contributed by atoms with Gasteiger partial charge in [0.2, 0.25) is 0 Å². The largest absolute Gasteiger partial charge is 0.306 e. The molecule has 4 nitrogen and oxygen atoms in total. The molecule has 21 heavy (non-hydrogen) atoms. The highest BCUT2D eigenvalue weighted by atomic mass is 32.1. The topological polar surface area (TPSA) is 53.6 Å². The summed E-state index contributed by atoms with van der Waals surface area (Å²) in [6.45, 7) is 9.39. The number of nitrogens with one attached hydrogen (secondary N) is 2. The molecule has 0 fully saturated rings. The highest BCUT2D eigenvalue weighted by Gasteiger charge is 2.11. The highest BCUT2D eigenvalue weighted by molar-refractivity contribution is 7.12. The lowest BCUT2D eigenvalue weighted by atomic mass is 10.1. The number of fused-ring (bicyclic) bond motifs is 1. The highest BCUT2D eigenvalue weighted by Crippen LogP contribution is 2.26. The first-order valence-corrected chi connectivity index (χ1v) is 7.96. The number of pyridine rings is 1. The molecule has 0 aliphatic heterocycles. The third-order valence-electron chi connectivity index (χ3n) is 3.82. The fourth-order valence-corrected chi connectivity index (χ4v) is 3.64. The first-order valence-electron chi connectivity index (χ1n) is 7.14. The van der Waals surface area contributed by atoms with Crippen molar-refractivity contribution in [2.24, 2.45) is 0 Å². The summed E-state index contributed by atoms with van der Waals surface area (Å²) in [5.74, 6) is 0. The van der Waals surface area contributed by atoms with E-state index in [0.29, 0.717) is 6.04 Å². The Labute approximate surface area is 128 Å². The summed E-state index contributed by atoms with van der Waals surface area (Å²) in [6, 6.07) is 4.78. The van der Waals surface area contributed by atoms with Gasteiger partial charge in [-0.05, 0) is 51.0 Å². The molecule has 0 amide bonds. The van der Waals surface area contributed by atoms with Crippen LogP contribution >= 0.6 is 11.3 Å². The van der Waals surface area contributed by atoms with Crippen LogP contribution in [0.2, 0.25) is 0 Å². The molecule has 0 aliphatic carbocycles. The third-order valence-corrected chi connectivity index (χ3v) is 4.80. The zero-order chi connectivity index (χ0) is 15.0. The second-order valence-corrected chi connectivity index (χ2v) is 6.99. The standard InChI is InChI=1S/C16H20N4S/c1-9-5-14(12(4)21-9)10(2)17-7-13-6-15-11(3)19-20-16(15)18-8-13/h5-6,8,10,17H,7H2,1-4H3,(H,18,19,20)/t10-/m1/s1. The van der Waals surface area contributed by atoms with E-state index in [2.05, 4.69) is 53.4 Å². The van der Waals surface area contributed by atoms with Gasteiger partial charge in [-0.25, -0.2) is 4.98 Å². The molecule has 0 unspecified atom stereocenters. The zero-order valence-corrected chi connectivity index (χ0v) is 13.6. The Bertz CT molecular complexity index is 772.